The van der Waals surface area contributed by atoms with E-state index in [4.69, 9.17) is 10.9 Å². The molecule has 7 heteroatoms. The second-order valence-electron chi connectivity index (χ2n) is 5.04. The minimum Gasteiger partial charge on any atom is -0.361 e. The minimum absolute atomic E-state index is 0.0768. The molecule has 22 heavy (non-hydrogen) atoms. The SMILES string of the molecule is C#CCNC(=O)CCNC(=O)NC(C)Cc1c(C)noc1C. The third-order valence-corrected chi connectivity index (χ3v) is 3.09. The van der Waals surface area contributed by atoms with Crippen molar-refractivity contribution in [3.05, 3.63) is 17.0 Å². The van der Waals surface area contributed by atoms with Crippen molar-refractivity contribution >= 4 is 11.9 Å². The van der Waals surface area contributed by atoms with Crippen molar-refractivity contribution in [2.75, 3.05) is 13.1 Å². The third kappa shape index (κ3) is 5.87. The van der Waals surface area contributed by atoms with E-state index in [-0.39, 0.29) is 37.5 Å². The van der Waals surface area contributed by atoms with Crippen LogP contribution < -0.4 is 16.0 Å². The van der Waals surface area contributed by atoms with Crippen LogP contribution >= 0.6 is 0 Å². The second-order valence-corrected chi connectivity index (χ2v) is 5.04. The van der Waals surface area contributed by atoms with Gasteiger partial charge in [-0.25, -0.2) is 4.79 Å². The average Bonchev–Trinajstić information content (AvgIpc) is 2.76. The Kier molecular flexibility index (Phi) is 6.96. The molecule has 7 nitrogen and oxygen atoms in total. The van der Waals surface area contributed by atoms with Gasteiger partial charge in [0.05, 0.1) is 12.2 Å². The second kappa shape index (κ2) is 8.72. The first-order chi connectivity index (χ1) is 10.4. The molecule has 0 aliphatic heterocycles. The first-order valence-electron chi connectivity index (χ1n) is 7.10. The van der Waals surface area contributed by atoms with Gasteiger partial charge < -0.3 is 20.5 Å². The smallest absolute Gasteiger partial charge is 0.315 e. The summed E-state index contributed by atoms with van der Waals surface area (Å²) in [6, 6.07) is -0.393. The standard InChI is InChI=1S/C15H22N4O3/c1-5-7-16-14(20)6-8-17-15(21)18-10(2)9-13-11(3)19-22-12(13)4/h1,10H,6-9H2,2-4H3,(H,16,20)(H2,17,18,21). The molecule has 0 aliphatic rings. The van der Waals surface area contributed by atoms with Crippen LogP contribution in [-0.4, -0.2) is 36.2 Å². The summed E-state index contributed by atoms with van der Waals surface area (Å²) < 4.78 is 5.09. The summed E-state index contributed by atoms with van der Waals surface area (Å²) >= 11 is 0. The number of urea groups is 1. The van der Waals surface area contributed by atoms with Gasteiger partial charge in [-0.3, -0.25) is 4.79 Å². The molecule has 0 aromatic carbocycles. The Balaban J connectivity index is 2.27. The molecule has 3 N–H and O–H groups in total. The highest BCUT2D eigenvalue weighted by Crippen LogP contribution is 2.14. The summed E-state index contributed by atoms with van der Waals surface area (Å²) in [7, 11) is 0. The summed E-state index contributed by atoms with van der Waals surface area (Å²) in [6.07, 6.45) is 5.85. The van der Waals surface area contributed by atoms with Crippen LogP contribution in [0.15, 0.2) is 4.52 Å². The number of amides is 3. The van der Waals surface area contributed by atoms with Gasteiger partial charge in [-0.05, 0) is 27.2 Å². The van der Waals surface area contributed by atoms with Crippen LogP contribution in [0, 0.1) is 26.2 Å². The fraction of sp³-hybridized carbons (Fsp3) is 0.533. The first kappa shape index (κ1) is 17.6. The molecule has 1 rings (SSSR count). The highest BCUT2D eigenvalue weighted by atomic mass is 16.5. The number of aromatic nitrogens is 1. The molecule has 0 radical (unpaired) electrons. The maximum absolute atomic E-state index is 11.7. The predicted molar refractivity (Wildman–Crippen MR) is 82.1 cm³/mol. The van der Waals surface area contributed by atoms with E-state index in [0.29, 0.717) is 6.42 Å². The molecule has 0 aliphatic carbocycles. The van der Waals surface area contributed by atoms with E-state index in [9.17, 15) is 9.59 Å². The van der Waals surface area contributed by atoms with Crippen molar-refractivity contribution in [2.45, 2.75) is 39.7 Å². The molecule has 0 saturated carbocycles. The number of hydrogen-bond acceptors (Lipinski definition) is 4. The highest BCUT2D eigenvalue weighted by molar-refractivity contribution is 5.78. The fourth-order valence-electron chi connectivity index (χ4n) is 1.95. The van der Waals surface area contributed by atoms with Crippen molar-refractivity contribution in [3.63, 3.8) is 0 Å². The number of hydrogen-bond donors (Lipinski definition) is 3. The largest absolute Gasteiger partial charge is 0.361 e. The first-order valence-corrected chi connectivity index (χ1v) is 7.10. The van der Waals surface area contributed by atoms with Gasteiger partial charge in [0.25, 0.3) is 0 Å². The van der Waals surface area contributed by atoms with E-state index in [0.717, 1.165) is 17.0 Å². The van der Waals surface area contributed by atoms with Gasteiger partial charge in [0, 0.05) is 24.6 Å². The molecule has 1 unspecified atom stereocenters. The van der Waals surface area contributed by atoms with Crippen molar-refractivity contribution < 1.29 is 14.1 Å². The molecule has 1 heterocycles. The number of terminal acetylenes is 1. The lowest BCUT2D eigenvalue weighted by molar-refractivity contribution is -0.120. The van der Waals surface area contributed by atoms with Gasteiger partial charge in [0.1, 0.15) is 5.76 Å². The van der Waals surface area contributed by atoms with Crippen LogP contribution in [0.3, 0.4) is 0 Å². The number of carbonyl (C=O) groups excluding carboxylic acids is 2. The Morgan fingerprint density at radius 2 is 2.09 bits per heavy atom. The van der Waals surface area contributed by atoms with Crippen LogP contribution in [-0.2, 0) is 11.2 Å². The molecule has 0 bridgehead atoms. The molecule has 0 fully saturated rings. The Hall–Kier alpha value is -2.49. The Labute approximate surface area is 130 Å². The Morgan fingerprint density at radius 3 is 2.68 bits per heavy atom. The van der Waals surface area contributed by atoms with E-state index in [1.165, 1.54) is 0 Å². The predicted octanol–water partition coefficient (Wildman–Crippen LogP) is 0.661. The molecule has 0 spiro atoms. The van der Waals surface area contributed by atoms with Gasteiger partial charge in [0.15, 0.2) is 0 Å². The van der Waals surface area contributed by atoms with Crippen LogP contribution in [0.1, 0.15) is 30.4 Å². The van der Waals surface area contributed by atoms with Crippen LogP contribution in [0.25, 0.3) is 0 Å². The zero-order valence-corrected chi connectivity index (χ0v) is 13.2. The maximum Gasteiger partial charge on any atom is 0.315 e. The molecular formula is C15H22N4O3. The number of nitrogens with zero attached hydrogens (tertiary/aromatic N) is 1. The number of carbonyl (C=O) groups is 2. The minimum atomic E-state index is -0.316. The fourth-order valence-corrected chi connectivity index (χ4v) is 1.95. The molecule has 0 saturated heterocycles. The quantitative estimate of drug-likeness (QED) is 0.645. The number of nitrogens with one attached hydrogen (secondary N) is 3. The van der Waals surface area contributed by atoms with Crippen molar-refractivity contribution in [1.29, 1.82) is 0 Å². The number of aryl methyl sites for hydroxylation is 2. The lowest BCUT2D eigenvalue weighted by Gasteiger charge is -2.14. The Morgan fingerprint density at radius 1 is 1.36 bits per heavy atom. The molecule has 1 aromatic rings. The van der Waals surface area contributed by atoms with Gasteiger partial charge in [-0.2, -0.15) is 0 Å². The molecule has 3 amide bonds. The van der Waals surface area contributed by atoms with E-state index in [2.05, 4.69) is 27.0 Å². The lowest BCUT2D eigenvalue weighted by Crippen LogP contribution is -2.42. The van der Waals surface area contributed by atoms with E-state index in [1.54, 1.807) is 0 Å². The maximum atomic E-state index is 11.7. The van der Waals surface area contributed by atoms with Gasteiger partial charge in [-0.1, -0.05) is 11.1 Å². The van der Waals surface area contributed by atoms with Gasteiger partial charge in [-0.15, -0.1) is 6.42 Å². The van der Waals surface area contributed by atoms with Gasteiger partial charge in [0.2, 0.25) is 5.91 Å². The topological polar surface area (TPSA) is 96.3 Å². The summed E-state index contributed by atoms with van der Waals surface area (Å²) in [5.74, 6) is 2.88. The summed E-state index contributed by atoms with van der Waals surface area (Å²) in [5.41, 5.74) is 1.83. The zero-order valence-electron chi connectivity index (χ0n) is 13.2. The number of rotatable bonds is 7. The van der Waals surface area contributed by atoms with Crippen molar-refractivity contribution in [2.24, 2.45) is 0 Å². The third-order valence-electron chi connectivity index (χ3n) is 3.09. The van der Waals surface area contributed by atoms with Crippen LogP contribution in [0.4, 0.5) is 4.79 Å². The Bertz CT molecular complexity index is 540. The average molecular weight is 306 g/mol. The lowest BCUT2D eigenvalue weighted by atomic mass is 10.1. The highest BCUT2D eigenvalue weighted by Gasteiger charge is 2.14. The molecular weight excluding hydrogens is 284 g/mol. The van der Waals surface area contributed by atoms with Crippen LogP contribution in [0.5, 0.6) is 0 Å². The van der Waals surface area contributed by atoms with Crippen molar-refractivity contribution in [1.82, 2.24) is 21.1 Å². The summed E-state index contributed by atoms with van der Waals surface area (Å²) in [4.78, 5) is 23.0. The van der Waals surface area contributed by atoms with E-state index < -0.39 is 0 Å². The van der Waals surface area contributed by atoms with Gasteiger partial charge >= 0.3 is 6.03 Å². The van der Waals surface area contributed by atoms with E-state index >= 15 is 0 Å². The summed E-state index contributed by atoms with van der Waals surface area (Å²) in [5, 5.41) is 11.8. The molecule has 1 aromatic heterocycles. The zero-order chi connectivity index (χ0) is 16.5. The van der Waals surface area contributed by atoms with E-state index in [1.807, 2.05) is 20.8 Å². The molecule has 1 atom stereocenters. The molecule has 120 valence electrons. The normalized spacial score (nSPS) is 11.4. The van der Waals surface area contributed by atoms with Crippen molar-refractivity contribution in [3.8, 4) is 12.3 Å². The monoisotopic (exact) mass is 306 g/mol. The van der Waals surface area contributed by atoms with Crippen LogP contribution in [0.2, 0.25) is 0 Å². The summed E-state index contributed by atoms with van der Waals surface area (Å²) in [6.45, 7) is 6.05.